The zero-order chi connectivity index (χ0) is 16.2. The number of rotatable bonds is 9. The Morgan fingerprint density at radius 1 is 1.22 bits per heavy atom. The van der Waals surface area contributed by atoms with Gasteiger partial charge in [-0.2, -0.15) is 0 Å². The number of hydrogen-bond donors (Lipinski definition) is 2. The summed E-state index contributed by atoms with van der Waals surface area (Å²) in [4.78, 5) is 8.88. The smallest absolute Gasteiger partial charge is 0.213 e. The van der Waals surface area contributed by atoms with Gasteiger partial charge in [-0.05, 0) is 32.8 Å². The molecule has 0 aliphatic rings. The van der Waals surface area contributed by atoms with E-state index >= 15 is 0 Å². The zero-order valence-corrected chi connectivity index (χ0v) is 17.1. The van der Waals surface area contributed by atoms with Crippen molar-refractivity contribution in [3.05, 3.63) is 23.9 Å². The lowest BCUT2D eigenvalue weighted by molar-refractivity contribution is 0.232. The van der Waals surface area contributed by atoms with Crippen LogP contribution in [0.3, 0.4) is 0 Å². The third-order valence-electron chi connectivity index (χ3n) is 2.99. The van der Waals surface area contributed by atoms with Crippen LogP contribution in [0.25, 0.3) is 0 Å². The van der Waals surface area contributed by atoms with E-state index in [0.717, 1.165) is 24.6 Å². The number of hydrogen-bond acceptors (Lipinski definition) is 3. The predicted molar refractivity (Wildman–Crippen MR) is 108 cm³/mol. The summed E-state index contributed by atoms with van der Waals surface area (Å²) in [5.74, 6) is 1.52. The van der Waals surface area contributed by atoms with Crippen LogP contribution in [-0.2, 0) is 6.54 Å². The molecule has 0 fully saturated rings. The van der Waals surface area contributed by atoms with Crippen molar-refractivity contribution < 1.29 is 4.74 Å². The SMILES string of the molecule is CCCCCNC(=NCc1ccc(OC(C)C)nc1)NCC.I. The van der Waals surface area contributed by atoms with E-state index in [1.165, 1.54) is 19.3 Å². The maximum atomic E-state index is 5.54. The van der Waals surface area contributed by atoms with Gasteiger partial charge in [-0.3, -0.25) is 0 Å². The fourth-order valence-electron chi connectivity index (χ4n) is 1.91. The molecule has 0 bridgehead atoms. The van der Waals surface area contributed by atoms with Crippen molar-refractivity contribution in [2.45, 2.75) is 59.6 Å². The summed E-state index contributed by atoms with van der Waals surface area (Å²) in [6.07, 6.45) is 5.61. The van der Waals surface area contributed by atoms with Crippen LogP contribution in [0, 0.1) is 0 Å². The molecule has 0 aliphatic heterocycles. The Balaban J connectivity index is 0.00000484. The van der Waals surface area contributed by atoms with Crippen LogP contribution in [0.5, 0.6) is 5.88 Å². The van der Waals surface area contributed by atoms with E-state index in [2.05, 4.69) is 34.5 Å². The molecule has 1 aromatic heterocycles. The number of aromatic nitrogens is 1. The van der Waals surface area contributed by atoms with Crippen molar-refractivity contribution in [1.82, 2.24) is 15.6 Å². The van der Waals surface area contributed by atoms with Crippen LogP contribution in [0.2, 0.25) is 0 Å². The Hall–Kier alpha value is -1.05. The Morgan fingerprint density at radius 3 is 2.57 bits per heavy atom. The van der Waals surface area contributed by atoms with E-state index in [9.17, 15) is 0 Å². The van der Waals surface area contributed by atoms with Gasteiger partial charge >= 0.3 is 0 Å². The molecule has 0 aliphatic carbocycles. The number of halogens is 1. The lowest BCUT2D eigenvalue weighted by Gasteiger charge is -2.11. The molecule has 0 amide bonds. The molecule has 0 aromatic carbocycles. The molecule has 132 valence electrons. The summed E-state index contributed by atoms with van der Waals surface area (Å²) in [6.45, 7) is 10.7. The van der Waals surface area contributed by atoms with Crippen LogP contribution in [-0.4, -0.2) is 30.1 Å². The van der Waals surface area contributed by atoms with Gasteiger partial charge in [0.15, 0.2) is 5.96 Å². The van der Waals surface area contributed by atoms with Crippen molar-refractivity contribution in [2.75, 3.05) is 13.1 Å². The monoisotopic (exact) mass is 434 g/mol. The molecule has 2 N–H and O–H groups in total. The number of ether oxygens (including phenoxy) is 1. The second-order valence-electron chi connectivity index (χ2n) is 5.50. The van der Waals surface area contributed by atoms with Gasteiger partial charge in [0.25, 0.3) is 0 Å². The highest BCUT2D eigenvalue weighted by atomic mass is 127. The van der Waals surface area contributed by atoms with Crippen molar-refractivity contribution in [1.29, 1.82) is 0 Å². The molecule has 1 rings (SSSR count). The highest BCUT2D eigenvalue weighted by Gasteiger charge is 2.00. The molecule has 0 saturated heterocycles. The molecule has 6 heteroatoms. The van der Waals surface area contributed by atoms with Gasteiger partial charge in [0.2, 0.25) is 5.88 Å². The minimum absolute atomic E-state index is 0. The summed E-state index contributed by atoms with van der Waals surface area (Å²) < 4.78 is 5.54. The summed E-state index contributed by atoms with van der Waals surface area (Å²) in [5.41, 5.74) is 1.07. The number of guanidine groups is 1. The van der Waals surface area contributed by atoms with Crippen LogP contribution in [0.4, 0.5) is 0 Å². The molecular weight excluding hydrogens is 403 g/mol. The van der Waals surface area contributed by atoms with E-state index in [1.54, 1.807) is 0 Å². The maximum Gasteiger partial charge on any atom is 0.213 e. The lowest BCUT2D eigenvalue weighted by Crippen LogP contribution is -2.37. The molecule has 23 heavy (non-hydrogen) atoms. The van der Waals surface area contributed by atoms with E-state index in [4.69, 9.17) is 4.74 Å². The van der Waals surface area contributed by atoms with Crippen molar-refractivity contribution >= 4 is 29.9 Å². The quantitative estimate of drug-likeness (QED) is 0.269. The summed E-state index contributed by atoms with van der Waals surface area (Å²) in [5, 5.41) is 6.62. The average molecular weight is 434 g/mol. The van der Waals surface area contributed by atoms with Gasteiger partial charge in [0, 0.05) is 25.4 Å². The standard InChI is InChI=1S/C17H30N4O.HI/c1-5-7-8-11-19-17(18-6-2)21-13-15-9-10-16(20-12-15)22-14(3)4;/h9-10,12,14H,5-8,11,13H2,1-4H3,(H2,18,19,21);1H. The summed E-state index contributed by atoms with van der Waals surface area (Å²) in [7, 11) is 0. The van der Waals surface area contributed by atoms with Crippen LogP contribution in [0.1, 0.15) is 52.5 Å². The molecular formula is C17H31IN4O. The van der Waals surface area contributed by atoms with Crippen molar-refractivity contribution in [2.24, 2.45) is 4.99 Å². The van der Waals surface area contributed by atoms with Crippen molar-refractivity contribution in [3.8, 4) is 5.88 Å². The third kappa shape index (κ3) is 10.4. The highest BCUT2D eigenvalue weighted by Crippen LogP contribution is 2.10. The second-order valence-corrected chi connectivity index (χ2v) is 5.50. The number of nitrogens with zero attached hydrogens (tertiary/aromatic N) is 2. The summed E-state index contributed by atoms with van der Waals surface area (Å²) >= 11 is 0. The zero-order valence-electron chi connectivity index (χ0n) is 14.8. The third-order valence-corrected chi connectivity index (χ3v) is 2.99. The highest BCUT2D eigenvalue weighted by molar-refractivity contribution is 14.0. The molecule has 0 spiro atoms. The first-order chi connectivity index (χ1) is 10.7. The number of nitrogens with one attached hydrogen (secondary N) is 2. The van der Waals surface area contributed by atoms with Crippen LogP contribution < -0.4 is 15.4 Å². The molecule has 0 radical (unpaired) electrons. The van der Waals surface area contributed by atoms with Gasteiger partial charge in [-0.15, -0.1) is 24.0 Å². The van der Waals surface area contributed by atoms with E-state index in [-0.39, 0.29) is 30.1 Å². The predicted octanol–water partition coefficient (Wildman–Crippen LogP) is 3.73. The fourth-order valence-corrected chi connectivity index (χ4v) is 1.91. The molecule has 0 atom stereocenters. The van der Waals surface area contributed by atoms with E-state index in [0.29, 0.717) is 12.4 Å². The van der Waals surface area contributed by atoms with Gasteiger partial charge in [-0.1, -0.05) is 25.8 Å². The first-order valence-electron chi connectivity index (χ1n) is 8.29. The van der Waals surface area contributed by atoms with Gasteiger partial charge < -0.3 is 15.4 Å². The van der Waals surface area contributed by atoms with E-state index in [1.807, 2.05) is 32.2 Å². The fraction of sp³-hybridized carbons (Fsp3) is 0.647. The normalized spacial score (nSPS) is 11.1. The van der Waals surface area contributed by atoms with E-state index < -0.39 is 0 Å². The maximum absolute atomic E-state index is 5.54. The first-order valence-corrected chi connectivity index (χ1v) is 8.29. The lowest BCUT2D eigenvalue weighted by atomic mass is 10.2. The van der Waals surface area contributed by atoms with Gasteiger partial charge in [0.1, 0.15) is 0 Å². The summed E-state index contributed by atoms with van der Waals surface area (Å²) in [6, 6.07) is 3.90. The minimum atomic E-state index is 0. The average Bonchev–Trinajstić information content (AvgIpc) is 2.50. The number of aliphatic imine (C=N–C) groups is 1. The Labute approximate surface area is 157 Å². The molecule has 1 aromatic rings. The molecule has 0 saturated carbocycles. The number of pyridine rings is 1. The number of unbranched alkanes of at least 4 members (excludes halogenated alkanes) is 2. The Bertz CT molecular complexity index is 435. The second kappa shape index (κ2) is 13.4. The molecule has 5 nitrogen and oxygen atoms in total. The van der Waals surface area contributed by atoms with Crippen molar-refractivity contribution in [3.63, 3.8) is 0 Å². The largest absolute Gasteiger partial charge is 0.475 e. The Morgan fingerprint density at radius 2 is 2.00 bits per heavy atom. The van der Waals surface area contributed by atoms with Gasteiger partial charge in [-0.25, -0.2) is 9.98 Å². The molecule has 1 heterocycles. The molecule has 0 unspecified atom stereocenters. The minimum Gasteiger partial charge on any atom is -0.475 e. The van der Waals surface area contributed by atoms with Gasteiger partial charge in [0.05, 0.1) is 12.6 Å². The van der Waals surface area contributed by atoms with Crippen LogP contribution >= 0.6 is 24.0 Å². The Kier molecular flexibility index (Phi) is 12.8. The topological polar surface area (TPSA) is 58.5 Å². The van der Waals surface area contributed by atoms with Crippen LogP contribution in [0.15, 0.2) is 23.3 Å². The first kappa shape index (κ1) is 21.9.